The zero-order chi connectivity index (χ0) is 17.4. The van der Waals surface area contributed by atoms with Crippen LogP contribution in [0.3, 0.4) is 0 Å². The van der Waals surface area contributed by atoms with Crippen molar-refractivity contribution in [3.8, 4) is 5.82 Å². The van der Waals surface area contributed by atoms with Crippen LogP contribution >= 0.6 is 0 Å². The fourth-order valence-electron chi connectivity index (χ4n) is 2.41. The molecule has 0 atom stereocenters. The normalized spacial score (nSPS) is 10.8. The molecule has 0 spiro atoms. The van der Waals surface area contributed by atoms with Crippen molar-refractivity contribution in [2.24, 2.45) is 0 Å². The number of rotatable bonds is 3. The van der Waals surface area contributed by atoms with Gasteiger partial charge in [-0.3, -0.25) is 9.36 Å². The van der Waals surface area contributed by atoms with Crippen molar-refractivity contribution in [2.75, 3.05) is 12.4 Å². The third kappa shape index (κ3) is 2.37. The number of carbonyl (C=O) groups is 1. The summed E-state index contributed by atoms with van der Waals surface area (Å²) in [6.07, 6.45) is 0.982. The van der Waals surface area contributed by atoms with Gasteiger partial charge in [-0.2, -0.15) is 0 Å². The van der Waals surface area contributed by atoms with E-state index in [0.29, 0.717) is 6.07 Å². The van der Waals surface area contributed by atoms with Crippen LogP contribution in [0.25, 0.3) is 16.7 Å². The number of nitrogens with one attached hydrogen (secondary N) is 1. The van der Waals surface area contributed by atoms with Crippen LogP contribution in [0.4, 0.5) is 14.6 Å². The summed E-state index contributed by atoms with van der Waals surface area (Å²) in [6, 6.07) is 6.76. The molecule has 0 saturated heterocycles. The van der Waals surface area contributed by atoms with Gasteiger partial charge in [0, 0.05) is 24.7 Å². The number of aromatic carboxylic acids is 1. The van der Waals surface area contributed by atoms with E-state index in [2.05, 4.69) is 10.3 Å². The average molecular weight is 331 g/mol. The maximum absolute atomic E-state index is 14.2. The molecule has 6 nitrogen and oxygen atoms in total. The van der Waals surface area contributed by atoms with Gasteiger partial charge in [-0.05, 0) is 12.1 Å². The smallest absolute Gasteiger partial charge is 0.341 e. The fraction of sp³-hybridized carbons (Fsp3) is 0.0625. The number of hydrogen-bond acceptors (Lipinski definition) is 4. The van der Waals surface area contributed by atoms with Crippen LogP contribution < -0.4 is 10.7 Å². The highest BCUT2D eigenvalue weighted by molar-refractivity contribution is 5.93. The number of nitrogens with zero attached hydrogens (tertiary/aromatic N) is 2. The lowest BCUT2D eigenvalue weighted by atomic mass is 10.1. The highest BCUT2D eigenvalue weighted by Gasteiger charge is 2.19. The average Bonchev–Trinajstić information content (AvgIpc) is 2.56. The third-order valence-electron chi connectivity index (χ3n) is 3.52. The van der Waals surface area contributed by atoms with Gasteiger partial charge in [0.15, 0.2) is 23.3 Å². The summed E-state index contributed by atoms with van der Waals surface area (Å²) >= 11 is 0. The van der Waals surface area contributed by atoms with Crippen LogP contribution in [0.1, 0.15) is 10.4 Å². The van der Waals surface area contributed by atoms with Crippen molar-refractivity contribution in [1.29, 1.82) is 0 Å². The van der Waals surface area contributed by atoms with Gasteiger partial charge >= 0.3 is 5.97 Å². The number of aromatic nitrogens is 2. The Labute approximate surface area is 134 Å². The molecular weight excluding hydrogens is 320 g/mol. The van der Waals surface area contributed by atoms with Crippen LogP contribution in [0.5, 0.6) is 0 Å². The van der Waals surface area contributed by atoms with Crippen LogP contribution in [0, 0.1) is 11.6 Å². The van der Waals surface area contributed by atoms with Gasteiger partial charge in [0.25, 0.3) is 0 Å². The first-order valence-electron chi connectivity index (χ1n) is 6.86. The van der Waals surface area contributed by atoms with Crippen molar-refractivity contribution in [3.63, 3.8) is 0 Å². The molecule has 0 radical (unpaired) electrons. The number of pyridine rings is 2. The Hall–Kier alpha value is -3.29. The van der Waals surface area contributed by atoms with E-state index >= 15 is 0 Å². The molecule has 3 aromatic rings. The minimum absolute atomic E-state index is 0.0916. The van der Waals surface area contributed by atoms with E-state index in [1.54, 1.807) is 12.1 Å². The largest absolute Gasteiger partial charge is 0.477 e. The highest BCUT2D eigenvalue weighted by Crippen LogP contribution is 2.22. The molecule has 8 heteroatoms. The van der Waals surface area contributed by atoms with Crippen LogP contribution in [-0.2, 0) is 0 Å². The lowest BCUT2D eigenvalue weighted by Gasteiger charge is -2.13. The van der Waals surface area contributed by atoms with E-state index in [0.717, 1.165) is 10.8 Å². The van der Waals surface area contributed by atoms with Gasteiger partial charge in [0.1, 0.15) is 5.56 Å². The second-order valence-electron chi connectivity index (χ2n) is 4.94. The van der Waals surface area contributed by atoms with Crippen molar-refractivity contribution >= 4 is 22.7 Å². The lowest BCUT2D eigenvalue weighted by Crippen LogP contribution is -2.19. The number of para-hydroxylation sites is 1. The predicted octanol–water partition coefficient (Wildman–Crippen LogP) is 2.40. The number of anilines is 1. The fourth-order valence-corrected chi connectivity index (χ4v) is 2.41. The number of halogens is 2. The summed E-state index contributed by atoms with van der Waals surface area (Å²) in [6.45, 7) is 0. The molecule has 2 heterocycles. The van der Waals surface area contributed by atoms with Gasteiger partial charge in [-0.1, -0.05) is 12.1 Å². The zero-order valence-electron chi connectivity index (χ0n) is 12.4. The molecule has 0 aliphatic carbocycles. The molecule has 0 aliphatic heterocycles. The Bertz CT molecular complexity index is 1030. The Morgan fingerprint density at radius 2 is 1.96 bits per heavy atom. The molecule has 2 aromatic heterocycles. The molecular formula is C16H11F2N3O3. The van der Waals surface area contributed by atoms with E-state index in [9.17, 15) is 23.5 Å². The summed E-state index contributed by atoms with van der Waals surface area (Å²) in [5.74, 6) is -3.85. The first-order chi connectivity index (χ1) is 11.4. The molecule has 0 saturated carbocycles. The van der Waals surface area contributed by atoms with Crippen LogP contribution in [-0.4, -0.2) is 27.7 Å². The van der Waals surface area contributed by atoms with Gasteiger partial charge < -0.3 is 10.4 Å². The number of benzene rings is 1. The molecule has 3 rings (SSSR count). The molecule has 24 heavy (non-hydrogen) atoms. The molecule has 0 aliphatic rings. The van der Waals surface area contributed by atoms with Crippen molar-refractivity contribution in [2.45, 2.75) is 0 Å². The first-order valence-corrected chi connectivity index (χ1v) is 6.86. The number of carboxylic acid groups (broad SMARTS) is 1. The molecule has 0 amide bonds. The van der Waals surface area contributed by atoms with E-state index in [1.807, 2.05) is 0 Å². The molecule has 2 N–H and O–H groups in total. The van der Waals surface area contributed by atoms with E-state index in [1.165, 1.54) is 19.2 Å². The Morgan fingerprint density at radius 3 is 2.62 bits per heavy atom. The van der Waals surface area contributed by atoms with Crippen LogP contribution in [0.15, 0.2) is 41.3 Å². The maximum atomic E-state index is 14.2. The lowest BCUT2D eigenvalue weighted by molar-refractivity contribution is 0.0695. The van der Waals surface area contributed by atoms with Crippen molar-refractivity contribution < 1.29 is 18.7 Å². The number of hydrogen-bond donors (Lipinski definition) is 2. The molecule has 0 unspecified atom stereocenters. The maximum Gasteiger partial charge on any atom is 0.341 e. The SMILES string of the molecule is CNc1nc(-n2cc(C(=O)O)c(=O)c3ccccc32)c(F)cc1F. The summed E-state index contributed by atoms with van der Waals surface area (Å²) in [7, 11) is 1.42. The van der Waals surface area contributed by atoms with E-state index in [-0.39, 0.29) is 22.5 Å². The molecule has 1 aromatic carbocycles. The topological polar surface area (TPSA) is 84.2 Å². The third-order valence-corrected chi connectivity index (χ3v) is 3.52. The second-order valence-corrected chi connectivity index (χ2v) is 4.94. The molecule has 0 bridgehead atoms. The van der Waals surface area contributed by atoms with E-state index in [4.69, 9.17) is 0 Å². The summed E-state index contributed by atoms with van der Waals surface area (Å²) in [5, 5.41) is 11.8. The zero-order valence-corrected chi connectivity index (χ0v) is 12.4. The van der Waals surface area contributed by atoms with Crippen molar-refractivity contribution in [3.05, 3.63) is 63.9 Å². The summed E-state index contributed by atoms with van der Waals surface area (Å²) in [4.78, 5) is 27.4. The standard InChI is InChI=1S/C16H11F2N3O3/c1-19-14-10(17)6-11(18)15(20-14)21-7-9(16(23)24)13(22)8-4-2-3-5-12(8)21/h2-7H,1H3,(H,19,20)(H,23,24). The van der Waals surface area contributed by atoms with Crippen LogP contribution in [0.2, 0.25) is 0 Å². The predicted molar refractivity (Wildman–Crippen MR) is 83.8 cm³/mol. The van der Waals surface area contributed by atoms with Crippen molar-refractivity contribution in [1.82, 2.24) is 9.55 Å². The Kier molecular flexibility index (Phi) is 3.72. The molecule has 0 fully saturated rings. The van der Waals surface area contributed by atoms with Gasteiger partial charge in [-0.15, -0.1) is 0 Å². The van der Waals surface area contributed by atoms with Gasteiger partial charge in [-0.25, -0.2) is 18.6 Å². The number of carboxylic acids is 1. The molecule has 122 valence electrons. The quantitative estimate of drug-likeness (QED) is 0.770. The minimum atomic E-state index is -1.45. The second kappa shape index (κ2) is 5.73. The highest BCUT2D eigenvalue weighted by atomic mass is 19.1. The Balaban J connectivity index is 2.45. The van der Waals surface area contributed by atoms with Gasteiger partial charge in [0.2, 0.25) is 5.43 Å². The van der Waals surface area contributed by atoms with Gasteiger partial charge in [0.05, 0.1) is 5.52 Å². The van der Waals surface area contributed by atoms with E-state index < -0.39 is 28.6 Å². The summed E-state index contributed by atoms with van der Waals surface area (Å²) in [5.41, 5.74) is -0.969. The minimum Gasteiger partial charge on any atom is -0.477 e. The number of fused-ring (bicyclic) bond motifs is 1. The first kappa shape index (κ1) is 15.6. The summed E-state index contributed by atoms with van der Waals surface area (Å²) < 4.78 is 29.0. The Morgan fingerprint density at radius 1 is 1.25 bits per heavy atom. The monoisotopic (exact) mass is 331 g/mol.